The molecule has 2 heterocycles. The Balaban J connectivity index is 1.49. The van der Waals surface area contributed by atoms with E-state index in [0.717, 1.165) is 16.8 Å². The number of nitrogens with zero attached hydrogens (tertiary/aromatic N) is 3. The van der Waals surface area contributed by atoms with Crippen molar-refractivity contribution in [1.29, 1.82) is 0 Å². The van der Waals surface area contributed by atoms with Gasteiger partial charge in [-0.3, -0.25) is 14.6 Å². The molecule has 0 fully saturated rings. The quantitative estimate of drug-likeness (QED) is 0.521. The zero-order valence-corrected chi connectivity index (χ0v) is 16.7. The average Bonchev–Trinajstić information content (AvgIpc) is 2.81. The highest BCUT2D eigenvalue weighted by molar-refractivity contribution is 6.02. The van der Waals surface area contributed by atoms with Crippen LogP contribution in [0.5, 0.6) is 0 Å². The lowest BCUT2D eigenvalue weighted by Gasteiger charge is -2.08. The van der Waals surface area contributed by atoms with E-state index in [1.807, 2.05) is 78.9 Å². The summed E-state index contributed by atoms with van der Waals surface area (Å²) in [7, 11) is 0. The van der Waals surface area contributed by atoms with Crippen molar-refractivity contribution in [2.24, 2.45) is 0 Å². The number of aromatic nitrogens is 3. The van der Waals surface area contributed by atoms with Crippen LogP contribution in [0, 0.1) is 0 Å². The normalized spacial score (nSPS) is 10.8. The largest absolute Gasteiger partial charge is 0.321 e. The lowest BCUT2D eigenvalue weighted by molar-refractivity contribution is 0.102. The lowest BCUT2D eigenvalue weighted by Crippen LogP contribution is -2.26. The van der Waals surface area contributed by atoms with Gasteiger partial charge in [0.1, 0.15) is 5.69 Å². The molecule has 2 aromatic carbocycles. The fourth-order valence-corrected chi connectivity index (χ4v) is 3.01. The highest BCUT2D eigenvalue weighted by Crippen LogP contribution is 2.14. The fraction of sp³-hybridized carbons (Fsp3) is 0.0400. The van der Waals surface area contributed by atoms with Crippen molar-refractivity contribution >= 4 is 23.7 Å². The second-order valence-corrected chi connectivity index (χ2v) is 6.87. The molecule has 1 N–H and O–H groups in total. The van der Waals surface area contributed by atoms with Crippen LogP contribution in [0.25, 0.3) is 12.2 Å². The van der Waals surface area contributed by atoms with Gasteiger partial charge in [0.05, 0.1) is 12.2 Å². The van der Waals surface area contributed by atoms with E-state index in [1.54, 1.807) is 12.3 Å². The minimum absolute atomic E-state index is 0.171. The Morgan fingerprint density at radius 3 is 2.55 bits per heavy atom. The van der Waals surface area contributed by atoms with Crippen LogP contribution in [-0.4, -0.2) is 20.7 Å². The first kappa shape index (κ1) is 20.0. The van der Waals surface area contributed by atoms with Crippen LogP contribution in [0.15, 0.2) is 95.9 Å². The highest BCUT2D eigenvalue weighted by atomic mass is 16.2. The maximum atomic E-state index is 12.7. The molecule has 0 atom stereocenters. The zero-order valence-electron chi connectivity index (χ0n) is 16.7. The summed E-state index contributed by atoms with van der Waals surface area (Å²) in [6, 6.07) is 25.5. The Morgan fingerprint density at radius 2 is 1.74 bits per heavy atom. The summed E-state index contributed by atoms with van der Waals surface area (Å²) >= 11 is 0. The topological polar surface area (TPSA) is 76.9 Å². The summed E-state index contributed by atoms with van der Waals surface area (Å²) < 4.78 is 1.29. The van der Waals surface area contributed by atoms with Crippen LogP contribution in [-0.2, 0) is 6.54 Å². The van der Waals surface area contributed by atoms with Gasteiger partial charge in [-0.05, 0) is 47.5 Å². The molecular formula is C25H20N4O2. The number of amides is 1. The molecule has 0 spiro atoms. The molecular weight excluding hydrogens is 388 g/mol. The number of carbonyl (C=O) groups excluding carboxylic acids is 1. The standard InChI is InChI=1S/C25H20N4O2/c30-24-15-14-23(28-29(24)18-20-7-2-1-3-8-20)25(31)27-22-11-6-9-19(17-22)12-13-21-10-4-5-16-26-21/h1-17H,18H2,(H,27,31)/b13-12+. The lowest BCUT2D eigenvalue weighted by atomic mass is 10.1. The number of pyridine rings is 1. The van der Waals surface area contributed by atoms with Gasteiger partial charge in [-0.25, -0.2) is 4.68 Å². The molecule has 4 rings (SSSR count). The summed E-state index contributed by atoms with van der Waals surface area (Å²) in [6.45, 7) is 0.300. The number of carbonyl (C=O) groups is 1. The van der Waals surface area contributed by atoms with E-state index < -0.39 is 0 Å². The Labute approximate surface area is 179 Å². The SMILES string of the molecule is O=C(Nc1cccc(/C=C/c2ccccn2)c1)c1ccc(=O)n(Cc2ccccc2)n1. The van der Waals surface area contributed by atoms with E-state index in [4.69, 9.17) is 0 Å². The maximum Gasteiger partial charge on any atom is 0.276 e. The zero-order chi connectivity index (χ0) is 21.5. The molecule has 1 amide bonds. The van der Waals surface area contributed by atoms with Crippen LogP contribution in [0.4, 0.5) is 5.69 Å². The van der Waals surface area contributed by atoms with E-state index >= 15 is 0 Å². The number of rotatable bonds is 6. The van der Waals surface area contributed by atoms with Crippen LogP contribution in [0.3, 0.4) is 0 Å². The van der Waals surface area contributed by atoms with Gasteiger partial charge >= 0.3 is 0 Å². The predicted octanol–water partition coefficient (Wildman–Crippen LogP) is 4.11. The third-order valence-electron chi connectivity index (χ3n) is 4.55. The molecule has 2 aromatic heterocycles. The first-order chi connectivity index (χ1) is 15.2. The summed E-state index contributed by atoms with van der Waals surface area (Å²) in [5.41, 5.74) is 3.25. The van der Waals surface area contributed by atoms with Crippen molar-refractivity contribution in [2.75, 3.05) is 5.32 Å². The molecule has 31 heavy (non-hydrogen) atoms. The van der Waals surface area contributed by atoms with Gasteiger partial charge in [-0.1, -0.05) is 54.6 Å². The summed E-state index contributed by atoms with van der Waals surface area (Å²) in [6.07, 6.45) is 5.57. The van der Waals surface area contributed by atoms with Crippen LogP contribution >= 0.6 is 0 Å². The second kappa shape index (κ2) is 9.45. The number of nitrogens with one attached hydrogen (secondary N) is 1. The molecule has 0 aliphatic rings. The van der Waals surface area contributed by atoms with E-state index in [9.17, 15) is 9.59 Å². The minimum Gasteiger partial charge on any atom is -0.321 e. The van der Waals surface area contributed by atoms with Crippen molar-refractivity contribution in [1.82, 2.24) is 14.8 Å². The molecule has 0 saturated carbocycles. The first-order valence-corrected chi connectivity index (χ1v) is 9.80. The fourth-order valence-electron chi connectivity index (χ4n) is 3.01. The Kier molecular flexibility index (Phi) is 6.09. The van der Waals surface area contributed by atoms with Crippen molar-refractivity contribution < 1.29 is 4.79 Å². The summed E-state index contributed by atoms with van der Waals surface area (Å²) in [4.78, 5) is 29.1. The Bertz CT molecular complexity index is 1270. The van der Waals surface area contributed by atoms with Gasteiger partial charge in [0.15, 0.2) is 0 Å². The Hall–Kier alpha value is -4.32. The molecule has 0 aliphatic heterocycles. The number of hydrogen-bond donors (Lipinski definition) is 1. The highest BCUT2D eigenvalue weighted by Gasteiger charge is 2.10. The second-order valence-electron chi connectivity index (χ2n) is 6.87. The number of hydrogen-bond acceptors (Lipinski definition) is 4. The average molecular weight is 408 g/mol. The molecule has 152 valence electrons. The van der Waals surface area contributed by atoms with Gasteiger partial charge in [0, 0.05) is 18.0 Å². The van der Waals surface area contributed by atoms with E-state index in [1.165, 1.54) is 16.8 Å². The van der Waals surface area contributed by atoms with Crippen LogP contribution in [0.2, 0.25) is 0 Å². The molecule has 6 nitrogen and oxygen atoms in total. The molecule has 0 radical (unpaired) electrons. The smallest absolute Gasteiger partial charge is 0.276 e. The van der Waals surface area contributed by atoms with Crippen molar-refractivity contribution in [3.8, 4) is 0 Å². The van der Waals surface area contributed by atoms with Crippen LogP contribution < -0.4 is 10.9 Å². The molecule has 0 bridgehead atoms. The third-order valence-corrected chi connectivity index (χ3v) is 4.55. The maximum absolute atomic E-state index is 12.7. The number of benzene rings is 2. The number of anilines is 1. The molecule has 0 unspecified atom stereocenters. The van der Waals surface area contributed by atoms with Gasteiger partial charge in [-0.15, -0.1) is 0 Å². The molecule has 4 aromatic rings. The summed E-state index contributed by atoms with van der Waals surface area (Å²) in [5.74, 6) is -0.382. The van der Waals surface area contributed by atoms with E-state index in [2.05, 4.69) is 15.4 Å². The van der Waals surface area contributed by atoms with Crippen molar-refractivity contribution in [3.63, 3.8) is 0 Å². The minimum atomic E-state index is -0.382. The van der Waals surface area contributed by atoms with Crippen LogP contribution in [0.1, 0.15) is 27.3 Å². The van der Waals surface area contributed by atoms with E-state index in [-0.39, 0.29) is 17.2 Å². The Morgan fingerprint density at radius 1 is 0.903 bits per heavy atom. The van der Waals surface area contributed by atoms with E-state index in [0.29, 0.717) is 12.2 Å². The predicted molar refractivity (Wildman–Crippen MR) is 122 cm³/mol. The van der Waals surface area contributed by atoms with Crippen molar-refractivity contribution in [3.05, 3.63) is 124 Å². The molecule has 6 heteroatoms. The molecule has 0 saturated heterocycles. The molecule has 0 aliphatic carbocycles. The van der Waals surface area contributed by atoms with Gasteiger partial charge in [0.2, 0.25) is 0 Å². The van der Waals surface area contributed by atoms with Crippen molar-refractivity contribution in [2.45, 2.75) is 6.54 Å². The van der Waals surface area contributed by atoms with Gasteiger partial charge < -0.3 is 5.32 Å². The third kappa shape index (κ3) is 5.39. The van der Waals surface area contributed by atoms with Gasteiger partial charge in [0.25, 0.3) is 11.5 Å². The monoisotopic (exact) mass is 408 g/mol. The summed E-state index contributed by atoms with van der Waals surface area (Å²) in [5, 5.41) is 7.07. The first-order valence-electron chi connectivity index (χ1n) is 9.80. The van der Waals surface area contributed by atoms with Gasteiger partial charge in [-0.2, -0.15) is 5.10 Å².